The second-order valence-electron chi connectivity index (χ2n) is 9.53. The number of pyridine rings is 1. The van der Waals surface area contributed by atoms with Crippen molar-refractivity contribution in [3.8, 4) is 34.0 Å². The predicted octanol–water partition coefficient (Wildman–Crippen LogP) is 1.56. The number of nitrogens with zero attached hydrogens (tertiary/aromatic N) is 5. The van der Waals surface area contributed by atoms with Gasteiger partial charge in [-0.3, -0.25) is 9.59 Å². The summed E-state index contributed by atoms with van der Waals surface area (Å²) in [6, 6.07) is 8.18. The van der Waals surface area contributed by atoms with E-state index < -0.39 is 70.6 Å². The Balaban J connectivity index is 0.00000480. The first kappa shape index (κ1) is 34.3. The average molecular weight is 653 g/mol. The number of carboxylic acid groups (broad SMARTS) is 1. The van der Waals surface area contributed by atoms with Crippen molar-refractivity contribution >= 4 is 17.5 Å². The number of benzene rings is 2. The Morgan fingerprint density at radius 2 is 1.50 bits per heavy atom. The van der Waals surface area contributed by atoms with E-state index in [0.29, 0.717) is 12.1 Å². The molecule has 0 spiro atoms. The average Bonchev–Trinajstić information content (AvgIpc) is 3.39. The molecule has 0 aliphatic carbocycles. The Kier molecular flexibility index (Phi) is 9.75. The van der Waals surface area contributed by atoms with Gasteiger partial charge < -0.3 is 14.5 Å². The van der Waals surface area contributed by atoms with Gasteiger partial charge in [0.15, 0.2) is 5.82 Å². The number of carboxylic acids is 1. The molecule has 17 heteroatoms. The number of ketones is 2. The summed E-state index contributed by atoms with van der Waals surface area (Å²) >= 11 is 0. The number of hydrogen-bond acceptors (Lipinski definition) is 8. The van der Waals surface area contributed by atoms with E-state index in [-0.39, 0.29) is 64.1 Å². The molecule has 2 aliphatic heterocycles. The maximum atomic E-state index is 14.3. The molecule has 0 N–H and O–H groups in total. The summed E-state index contributed by atoms with van der Waals surface area (Å²) in [5, 5.41) is 18.5. The molecule has 1 aromatic heterocycles. The summed E-state index contributed by atoms with van der Waals surface area (Å²) in [6.45, 7) is 0. The number of rotatable bonds is 8. The SMILES string of the molecule is O=C([O-])CC(=O)C(=O)C(c1ccc(-c2ccc(C(F)(F)F)cc2C(F)(F)F)nn1)n1ccc2nc(-c3ccccc3F)nc-2c1.[Na+]. The van der Waals surface area contributed by atoms with Crippen LogP contribution in [0, 0.1) is 5.82 Å². The molecule has 46 heavy (non-hydrogen) atoms. The first-order valence-electron chi connectivity index (χ1n) is 12.6. The standard InChI is InChI=1S/C29H16F7N5O4.Na/c30-18-4-2-1-3-16(18)27-37-20-9-10-41(13-22(20)38-27)25(26(45)23(42)12-24(43)44)21-8-7-19(39-40-21)15-6-5-14(28(31,32)33)11-17(15)29(34,35)36;/h1-11,13,25H,12H2,(H,43,44);/q;+1/p-1. The largest absolute Gasteiger partial charge is 1.00 e. The number of fused-ring (bicyclic) bond motifs is 1. The molecule has 0 saturated carbocycles. The van der Waals surface area contributed by atoms with Gasteiger partial charge in [-0.1, -0.05) is 18.2 Å². The van der Waals surface area contributed by atoms with Crippen LogP contribution in [-0.2, 0) is 26.7 Å². The maximum absolute atomic E-state index is 14.3. The normalized spacial score (nSPS) is 12.4. The third-order valence-electron chi connectivity index (χ3n) is 6.53. The zero-order valence-corrected chi connectivity index (χ0v) is 25.2. The van der Waals surface area contributed by atoms with Crippen molar-refractivity contribution < 1.29 is 79.8 Å². The van der Waals surface area contributed by atoms with Crippen molar-refractivity contribution in [2.45, 2.75) is 24.8 Å². The van der Waals surface area contributed by atoms with Gasteiger partial charge in [0.05, 0.1) is 40.2 Å². The van der Waals surface area contributed by atoms with Crippen LogP contribution < -0.4 is 34.7 Å². The minimum absolute atomic E-state index is 0. The van der Waals surface area contributed by atoms with E-state index >= 15 is 0 Å². The fourth-order valence-corrected chi connectivity index (χ4v) is 4.45. The van der Waals surface area contributed by atoms with Crippen LogP contribution in [-0.4, -0.2) is 42.3 Å². The maximum Gasteiger partial charge on any atom is 1.00 e. The molecule has 2 aromatic carbocycles. The summed E-state index contributed by atoms with van der Waals surface area (Å²) < 4.78 is 95.8. The monoisotopic (exact) mass is 653 g/mol. The molecular formula is C29H15F7N5NaO4. The summed E-state index contributed by atoms with van der Waals surface area (Å²) in [6.07, 6.45) is -9.07. The van der Waals surface area contributed by atoms with Crippen LogP contribution in [0.2, 0.25) is 0 Å². The fraction of sp³-hybridized carbons (Fsp3) is 0.138. The number of aromatic nitrogens is 5. The van der Waals surface area contributed by atoms with Gasteiger partial charge in [-0.2, -0.15) is 36.5 Å². The molecule has 0 saturated heterocycles. The summed E-state index contributed by atoms with van der Waals surface area (Å²) in [5.41, 5.74) is -4.34. The van der Waals surface area contributed by atoms with Crippen LogP contribution in [0.3, 0.4) is 0 Å². The molecule has 1 atom stereocenters. The van der Waals surface area contributed by atoms with Crippen molar-refractivity contribution in [3.05, 3.63) is 95.7 Å². The van der Waals surface area contributed by atoms with Gasteiger partial charge in [-0.05, 0) is 42.5 Å². The zero-order chi connectivity index (χ0) is 32.7. The minimum Gasteiger partial charge on any atom is -0.550 e. The van der Waals surface area contributed by atoms with Crippen molar-refractivity contribution in [1.82, 2.24) is 24.7 Å². The van der Waals surface area contributed by atoms with Gasteiger partial charge in [0, 0.05) is 23.9 Å². The quantitative estimate of drug-likeness (QED) is 0.107. The summed E-state index contributed by atoms with van der Waals surface area (Å²) in [7, 11) is 0. The van der Waals surface area contributed by atoms with E-state index in [1.807, 2.05) is 0 Å². The molecule has 9 nitrogen and oxygen atoms in total. The molecule has 2 aliphatic rings. The van der Waals surface area contributed by atoms with E-state index in [2.05, 4.69) is 20.2 Å². The predicted molar refractivity (Wildman–Crippen MR) is 137 cm³/mol. The van der Waals surface area contributed by atoms with Gasteiger partial charge in [0.1, 0.15) is 17.6 Å². The number of imidazole rings is 1. The Morgan fingerprint density at radius 3 is 2.11 bits per heavy atom. The van der Waals surface area contributed by atoms with Gasteiger partial charge in [-0.15, -0.1) is 0 Å². The second kappa shape index (κ2) is 13.1. The van der Waals surface area contributed by atoms with Gasteiger partial charge in [0.25, 0.3) is 0 Å². The van der Waals surface area contributed by atoms with Crippen LogP contribution in [0.5, 0.6) is 0 Å². The molecule has 0 bridgehead atoms. The van der Waals surface area contributed by atoms with Crippen LogP contribution in [0.25, 0.3) is 34.0 Å². The number of Topliss-reactive ketones (excluding diaryl/α,β-unsaturated/α-hetero) is 2. The number of carbonyl (C=O) groups excluding carboxylic acids is 3. The van der Waals surface area contributed by atoms with Gasteiger partial charge in [-0.25, -0.2) is 14.4 Å². The Bertz CT molecular complexity index is 1910. The molecule has 230 valence electrons. The van der Waals surface area contributed by atoms with Gasteiger partial charge in [0.2, 0.25) is 11.6 Å². The first-order chi connectivity index (χ1) is 21.1. The molecule has 5 rings (SSSR count). The van der Waals surface area contributed by atoms with Crippen molar-refractivity contribution in [1.29, 1.82) is 0 Å². The number of halogens is 7. The van der Waals surface area contributed by atoms with Gasteiger partial charge >= 0.3 is 41.9 Å². The zero-order valence-electron chi connectivity index (χ0n) is 23.2. The second-order valence-corrected chi connectivity index (χ2v) is 9.53. The Hall–Kier alpha value is -4.54. The van der Waals surface area contributed by atoms with Crippen LogP contribution >= 0.6 is 0 Å². The number of hydrogen-bond donors (Lipinski definition) is 0. The fourth-order valence-electron chi connectivity index (χ4n) is 4.45. The van der Waals surface area contributed by atoms with E-state index in [9.17, 15) is 50.2 Å². The van der Waals surface area contributed by atoms with Crippen LogP contribution in [0.4, 0.5) is 30.7 Å². The van der Waals surface area contributed by atoms with Crippen molar-refractivity contribution in [2.75, 3.05) is 0 Å². The topological polar surface area (TPSA) is 131 Å². The molecular weight excluding hydrogens is 638 g/mol. The Morgan fingerprint density at radius 1 is 0.804 bits per heavy atom. The summed E-state index contributed by atoms with van der Waals surface area (Å²) in [4.78, 5) is 45.2. The number of carbonyl (C=O) groups is 3. The van der Waals surface area contributed by atoms with Crippen LogP contribution in [0.1, 0.15) is 29.3 Å². The summed E-state index contributed by atoms with van der Waals surface area (Å²) in [5.74, 6) is -5.19. The molecule has 0 fully saturated rings. The van der Waals surface area contributed by atoms with E-state index in [1.165, 1.54) is 36.7 Å². The minimum atomic E-state index is -5.21. The number of aliphatic carboxylic acids is 1. The third-order valence-corrected chi connectivity index (χ3v) is 6.53. The molecule has 3 heterocycles. The van der Waals surface area contributed by atoms with Crippen LogP contribution in [0.15, 0.2) is 73.1 Å². The van der Waals surface area contributed by atoms with E-state index in [4.69, 9.17) is 0 Å². The molecule has 1 unspecified atom stereocenters. The smallest absolute Gasteiger partial charge is 0.550 e. The first-order valence-corrected chi connectivity index (χ1v) is 12.6. The van der Waals surface area contributed by atoms with E-state index in [1.54, 1.807) is 6.07 Å². The third kappa shape index (κ3) is 7.13. The number of alkyl halides is 6. The Labute approximate surface area is 275 Å². The van der Waals surface area contributed by atoms with E-state index in [0.717, 1.165) is 16.7 Å². The molecule has 3 aromatic rings. The van der Waals surface area contributed by atoms with Crippen molar-refractivity contribution in [3.63, 3.8) is 0 Å². The molecule has 0 amide bonds. The van der Waals surface area contributed by atoms with Crippen molar-refractivity contribution in [2.24, 2.45) is 0 Å². The molecule has 0 radical (unpaired) electrons.